The van der Waals surface area contributed by atoms with E-state index in [1.54, 1.807) is 48.5 Å². The van der Waals surface area contributed by atoms with Crippen LogP contribution in [0.5, 0.6) is 11.5 Å². The zero-order valence-electron chi connectivity index (χ0n) is 23.6. The number of carboxylic acid groups (broad SMARTS) is 1. The maximum atomic E-state index is 14.0. The van der Waals surface area contributed by atoms with Crippen molar-refractivity contribution in [1.82, 2.24) is 0 Å². The third kappa shape index (κ3) is 7.29. The van der Waals surface area contributed by atoms with Gasteiger partial charge in [-0.3, -0.25) is 4.79 Å². The van der Waals surface area contributed by atoms with Crippen molar-refractivity contribution in [3.63, 3.8) is 0 Å². The monoisotopic (exact) mass is 580 g/mol. The molecule has 0 aliphatic heterocycles. The lowest BCUT2D eigenvalue weighted by molar-refractivity contribution is -0.284. The van der Waals surface area contributed by atoms with Crippen molar-refractivity contribution in [3.8, 4) is 22.6 Å². The number of carbonyl (C=O) groups is 1. The molecule has 3 aromatic rings. The largest absolute Gasteiger partial charge is 0.497 e. The number of methoxy groups -OCH3 is 2. The Labute approximate surface area is 237 Å². The lowest BCUT2D eigenvalue weighted by Crippen LogP contribution is -2.39. The first-order valence-electron chi connectivity index (χ1n) is 13.8. The Morgan fingerprint density at radius 2 is 1.37 bits per heavy atom. The molecular formula is C32H37F5O4. The minimum Gasteiger partial charge on any atom is -0.497 e. The molecule has 3 rings (SSSR count). The number of hydrogen-bond donors (Lipinski definition) is 1. The highest BCUT2D eigenvalue weighted by molar-refractivity contribution is 5.99. The molecule has 1 N–H and O–H groups in total. The highest BCUT2D eigenvalue weighted by atomic mass is 19.4. The van der Waals surface area contributed by atoms with Crippen molar-refractivity contribution in [2.24, 2.45) is 0 Å². The summed E-state index contributed by atoms with van der Waals surface area (Å²) in [6, 6.07) is 15.8. The molecule has 0 saturated carbocycles. The van der Waals surface area contributed by atoms with E-state index in [-0.39, 0.29) is 12.8 Å². The number of hydrogen-bond acceptors (Lipinski definition) is 3. The Bertz CT molecular complexity index is 1300. The normalized spacial score (nSPS) is 13.7. The van der Waals surface area contributed by atoms with Crippen LogP contribution < -0.4 is 9.47 Å². The molecule has 0 bridgehead atoms. The first-order chi connectivity index (χ1) is 19.4. The van der Waals surface area contributed by atoms with E-state index in [4.69, 9.17) is 9.47 Å². The number of aliphatic carboxylic acids is 1. The Morgan fingerprint density at radius 3 is 1.95 bits per heavy atom. The first kappa shape index (κ1) is 32.2. The van der Waals surface area contributed by atoms with Crippen LogP contribution in [0.2, 0.25) is 0 Å². The molecule has 0 aromatic heterocycles. The van der Waals surface area contributed by atoms with Gasteiger partial charge in [0.1, 0.15) is 11.5 Å². The molecule has 4 nitrogen and oxygen atoms in total. The number of halogens is 5. The van der Waals surface area contributed by atoms with Crippen molar-refractivity contribution < 1.29 is 41.3 Å². The number of rotatable bonds is 15. The summed E-state index contributed by atoms with van der Waals surface area (Å²) in [5.41, 5.74) is -0.0576. The molecule has 0 amide bonds. The van der Waals surface area contributed by atoms with Gasteiger partial charge in [-0.15, -0.1) is 0 Å². The van der Waals surface area contributed by atoms with E-state index in [2.05, 4.69) is 0 Å². The summed E-state index contributed by atoms with van der Waals surface area (Å²) in [4.78, 5) is 13.3. The molecule has 0 saturated heterocycles. The summed E-state index contributed by atoms with van der Waals surface area (Å²) < 4.78 is 77.5. The highest BCUT2D eigenvalue weighted by Gasteiger charge is 2.57. The molecule has 0 aliphatic carbocycles. The zero-order chi connectivity index (χ0) is 30.3. The molecule has 0 fully saturated rings. The Kier molecular flexibility index (Phi) is 10.6. The van der Waals surface area contributed by atoms with Crippen LogP contribution in [0.25, 0.3) is 21.9 Å². The van der Waals surface area contributed by atoms with Gasteiger partial charge in [-0.25, -0.2) is 0 Å². The second-order valence-electron chi connectivity index (χ2n) is 10.4. The van der Waals surface area contributed by atoms with Gasteiger partial charge in [0.05, 0.1) is 19.6 Å². The number of alkyl halides is 5. The third-order valence-corrected chi connectivity index (χ3v) is 7.73. The fraction of sp³-hybridized carbons (Fsp3) is 0.469. The van der Waals surface area contributed by atoms with E-state index >= 15 is 0 Å². The van der Waals surface area contributed by atoms with Crippen LogP contribution in [-0.2, 0) is 10.2 Å². The number of carboxylic acids is 1. The average Bonchev–Trinajstić information content (AvgIpc) is 2.94. The van der Waals surface area contributed by atoms with Crippen LogP contribution in [-0.4, -0.2) is 37.4 Å². The predicted octanol–water partition coefficient (Wildman–Crippen LogP) is 9.57. The molecule has 0 aliphatic rings. The molecule has 1 unspecified atom stereocenters. The van der Waals surface area contributed by atoms with Crippen LogP contribution in [0.15, 0.2) is 54.6 Å². The van der Waals surface area contributed by atoms with Gasteiger partial charge in [0.25, 0.3) is 0 Å². The average molecular weight is 581 g/mol. The molecule has 0 radical (unpaired) electrons. The van der Waals surface area contributed by atoms with Crippen molar-refractivity contribution in [2.75, 3.05) is 14.2 Å². The molecule has 9 heteroatoms. The van der Waals surface area contributed by atoms with Gasteiger partial charge in [-0.1, -0.05) is 69.4 Å². The van der Waals surface area contributed by atoms with Crippen molar-refractivity contribution in [2.45, 2.75) is 82.2 Å². The highest BCUT2D eigenvalue weighted by Crippen LogP contribution is 2.47. The lowest BCUT2D eigenvalue weighted by atomic mass is 9.68. The number of benzene rings is 3. The number of fused-ring (bicyclic) bond motifs is 1. The van der Waals surface area contributed by atoms with Crippen molar-refractivity contribution in [1.29, 1.82) is 0 Å². The third-order valence-electron chi connectivity index (χ3n) is 7.73. The SMILES string of the molecule is CCCCCCCC(CCCC(F)(F)C(F)(F)F)(C(=O)O)c1c(-c2ccc(OC)cc2)ccc2cc(OC)ccc12. The Balaban J connectivity index is 2.24. The van der Waals surface area contributed by atoms with Crippen LogP contribution in [0.3, 0.4) is 0 Å². The minimum atomic E-state index is -5.71. The quantitative estimate of drug-likeness (QED) is 0.144. The minimum absolute atomic E-state index is 0.0952. The molecule has 41 heavy (non-hydrogen) atoms. The summed E-state index contributed by atoms with van der Waals surface area (Å²) >= 11 is 0. The Morgan fingerprint density at radius 1 is 0.756 bits per heavy atom. The fourth-order valence-corrected chi connectivity index (χ4v) is 5.44. The van der Waals surface area contributed by atoms with Gasteiger partial charge < -0.3 is 14.6 Å². The van der Waals surface area contributed by atoms with E-state index in [9.17, 15) is 31.9 Å². The molecule has 0 spiro atoms. The van der Waals surface area contributed by atoms with Gasteiger partial charge in [0.2, 0.25) is 0 Å². The first-order valence-corrected chi connectivity index (χ1v) is 13.8. The zero-order valence-corrected chi connectivity index (χ0v) is 23.6. The van der Waals surface area contributed by atoms with E-state index in [1.165, 1.54) is 14.2 Å². The second kappa shape index (κ2) is 13.5. The number of ether oxygens (including phenoxy) is 2. The lowest BCUT2D eigenvalue weighted by Gasteiger charge is -2.34. The summed E-state index contributed by atoms with van der Waals surface area (Å²) in [7, 11) is 3.03. The van der Waals surface area contributed by atoms with E-state index in [1.807, 2.05) is 13.0 Å². The number of unbranched alkanes of at least 4 members (excludes halogenated alkanes) is 4. The van der Waals surface area contributed by atoms with Gasteiger partial charge in [-0.2, -0.15) is 22.0 Å². The fourth-order valence-electron chi connectivity index (χ4n) is 5.44. The second-order valence-corrected chi connectivity index (χ2v) is 10.4. The molecular weight excluding hydrogens is 543 g/mol. The summed E-state index contributed by atoms with van der Waals surface area (Å²) in [5, 5.41) is 12.1. The van der Waals surface area contributed by atoms with Gasteiger partial charge in [0, 0.05) is 6.42 Å². The molecule has 224 valence electrons. The summed E-state index contributed by atoms with van der Waals surface area (Å²) in [5.74, 6) is -5.02. The van der Waals surface area contributed by atoms with E-state index in [0.717, 1.165) is 25.7 Å². The van der Waals surface area contributed by atoms with E-state index < -0.39 is 36.3 Å². The van der Waals surface area contributed by atoms with Crippen LogP contribution in [0.1, 0.15) is 70.3 Å². The standard InChI is InChI=1S/C32H37F5O4/c1-4-5-6-7-8-18-30(29(38)39,19-9-20-31(33,34)32(35,36)37)28-26(22-10-13-24(40-2)14-11-22)16-12-23-21-25(41-3)15-17-27(23)28/h10-17,21H,4-9,18-20H2,1-3H3,(H,38,39). The van der Waals surface area contributed by atoms with Crippen LogP contribution >= 0.6 is 0 Å². The van der Waals surface area contributed by atoms with Gasteiger partial charge in [-0.05, 0) is 71.0 Å². The van der Waals surface area contributed by atoms with Crippen molar-refractivity contribution >= 4 is 16.7 Å². The summed E-state index contributed by atoms with van der Waals surface area (Å²) in [6.07, 6.45) is -4.09. The predicted molar refractivity (Wildman–Crippen MR) is 150 cm³/mol. The summed E-state index contributed by atoms with van der Waals surface area (Å²) in [6.45, 7) is 2.05. The molecule has 3 aromatic carbocycles. The van der Waals surface area contributed by atoms with Gasteiger partial charge >= 0.3 is 18.1 Å². The van der Waals surface area contributed by atoms with Gasteiger partial charge in [0.15, 0.2) is 0 Å². The van der Waals surface area contributed by atoms with E-state index in [0.29, 0.717) is 45.4 Å². The maximum absolute atomic E-state index is 14.0. The van der Waals surface area contributed by atoms with Crippen LogP contribution in [0, 0.1) is 0 Å². The molecule has 0 heterocycles. The topological polar surface area (TPSA) is 55.8 Å². The van der Waals surface area contributed by atoms with Crippen LogP contribution in [0.4, 0.5) is 22.0 Å². The smallest absolute Gasteiger partial charge is 0.453 e. The maximum Gasteiger partial charge on any atom is 0.453 e. The van der Waals surface area contributed by atoms with Crippen molar-refractivity contribution in [3.05, 3.63) is 60.2 Å². The Hall–Kier alpha value is -3.36. The molecule has 1 atom stereocenters.